The Kier molecular flexibility index (Phi) is 6.05. The highest BCUT2D eigenvalue weighted by Gasteiger charge is 2.26. The van der Waals surface area contributed by atoms with E-state index in [1.807, 2.05) is 32.0 Å². The standard InChI is InChI=1S/C26H28N8O/c1-26(2,15-27)21-4-3-5-22(32-21)33-23-20(24(35)30-18-8-9-18)14-29-25(34-23)31-19-7-6-16-10-11-28-13-17(16)12-19/h3-7,12,14,18,28H,8-11,13H2,1-2H3,(H,30,35)(H2,29,31,32,33,34). The van der Waals surface area contributed by atoms with Gasteiger partial charge < -0.3 is 21.3 Å². The van der Waals surface area contributed by atoms with Crippen molar-refractivity contribution in [1.82, 2.24) is 25.6 Å². The Hall–Kier alpha value is -4.03. The van der Waals surface area contributed by atoms with Crippen LogP contribution in [0, 0.1) is 11.3 Å². The molecule has 2 aromatic heterocycles. The molecular weight excluding hydrogens is 440 g/mol. The third kappa shape index (κ3) is 5.23. The number of carbonyl (C=O) groups is 1. The van der Waals surface area contributed by atoms with Crippen LogP contribution >= 0.6 is 0 Å². The third-order valence-corrected chi connectivity index (χ3v) is 6.21. The quantitative estimate of drug-likeness (QED) is 0.413. The largest absolute Gasteiger partial charge is 0.349 e. The predicted octanol–water partition coefficient (Wildman–Crippen LogP) is 3.70. The molecule has 3 heterocycles. The van der Waals surface area contributed by atoms with Gasteiger partial charge in [0.05, 0.1) is 17.2 Å². The van der Waals surface area contributed by atoms with Crippen LogP contribution in [0.25, 0.3) is 0 Å². The first-order chi connectivity index (χ1) is 16.9. The Morgan fingerprint density at radius 2 is 2.00 bits per heavy atom. The molecule has 5 rings (SSSR count). The number of rotatable bonds is 7. The van der Waals surface area contributed by atoms with E-state index < -0.39 is 5.41 Å². The number of pyridine rings is 1. The van der Waals surface area contributed by atoms with Gasteiger partial charge in [0.15, 0.2) is 0 Å². The Balaban J connectivity index is 1.44. The lowest BCUT2D eigenvalue weighted by molar-refractivity contribution is 0.0951. The summed E-state index contributed by atoms with van der Waals surface area (Å²) in [5.74, 6) is 0.984. The fourth-order valence-corrected chi connectivity index (χ4v) is 3.91. The minimum absolute atomic E-state index is 0.204. The molecule has 0 atom stereocenters. The molecule has 178 valence electrons. The number of anilines is 4. The van der Waals surface area contributed by atoms with Crippen molar-refractivity contribution in [2.24, 2.45) is 0 Å². The van der Waals surface area contributed by atoms with Gasteiger partial charge >= 0.3 is 0 Å². The van der Waals surface area contributed by atoms with E-state index in [0.29, 0.717) is 28.8 Å². The molecule has 1 aliphatic carbocycles. The number of carbonyl (C=O) groups excluding carboxylic acids is 1. The molecule has 0 spiro atoms. The zero-order chi connectivity index (χ0) is 24.4. The van der Waals surface area contributed by atoms with Crippen molar-refractivity contribution >= 4 is 29.2 Å². The lowest BCUT2D eigenvalue weighted by atomic mass is 9.91. The Labute approximate surface area is 204 Å². The monoisotopic (exact) mass is 468 g/mol. The summed E-state index contributed by atoms with van der Waals surface area (Å²) in [6.45, 7) is 5.45. The van der Waals surface area contributed by atoms with E-state index in [1.54, 1.807) is 6.07 Å². The molecule has 1 fully saturated rings. The van der Waals surface area contributed by atoms with Crippen molar-refractivity contribution < 1.29 is 4.79 Å². The zero-order valence-corrected chi connectivity index (χ0v) is 19.9. The summed E-state index contributed by atoms with van der Waals surface area (Å²) < 4.78 is 0. The van der Waals surface area contributed by atoms with Gasteiger partial charge in [-0.15, -0.1) is 0 Å². The van der Waals surface area contributed by atoms with E-state index in [9.17, 15) is 10.1 Å². The molecular formula is C26H28N8O. The number of aromatic nitrogens is 3. The summed E-state index contributed by atoms with van der Waals surface area (Å²) in [5, 5.41) is 22.3. The van der Waals surface area contributed by atoms with Gasteiger partial charge in [0.2, 0.25) is 5.95 Å². The van der Waals surface area contributed by atoms with Crippen molar-refractivity contribution in [2.45, 2.75) is 51.1 Å². The fourth-order valence-electron chi connectivity index (χ4n) is 3.91. The summed E-state index contributed by atoms with van der Waals surface area (Å²) in [6.07, 6.45) is 4.50. The van der Waals surface area contributed by atoms with Crippen molar-refractivity contribution in [1.29, 1.82) is 5.26 Å². The molecule has 0 saturated heterocycles. The van der Waals surface area contributed by atoms with E-state index in [1.165, 1.54) is 17.3 Å². The van der Waals surface area contributed by atoms with Crippen LogP contribution in [-0.4, -0.2) is 33.4 Å². The summed E-state index contributed by atoms with van der Waals surface area (Å²) in [5.41, 5.74) is 3.69. The predicted molar refractivity (Wildman–Crippen MR) is 134 cm³/mol. The van der Waals surface area contributed by atoms with Crippen LogP contribution < -0.4 is 21.3 Å². The number of hydrogen-bond donors (Lipinski definition) is 4. The average Bonchev–Trinajstić information content (AvgIpc) is 3.68. The Bertz CT molecular complexity index is 1310. The molecule has 4 N–H and O–H groups in total. The number of nitrogens with zero attached hydrogens (tertiary/aromatic N) is 4. The molecule has 2 aliphatic rings. The van der Waals surface area contributed by atoms with Crippen LogP contribution in [-0.2, 0) is 18.4 Å². The van der Waals surface area contributed by atoms with Gasteiger partial charge in [0, 0.05) is 24.5 Å². The first kappa shape index (κ1) is 22.7. The lowest BCUT2D eigenvalue weighted by Crippen LogP contribution is -2.27. The minimum Gasteiger partial charge on any atom is -0.349 e. The average molecular weight is 469 g/mol. The number of benzene rings is 1. The second-order valence-corrected chi connectivity index (χ2v) is 9.51. The first-order valence-electron chi connectivity index (χ1n) is 11.8. The van der Waals surface area contributed by atoms with Crippen LogP contribution in [0.2, 0.25) is 0 Å². The summed E-state index contributed by atoms with van der Waals surface area (Å²) in [7, 11) is 0. The van der Waals surface area contributed by atoms with E-state index in [-0.39, 0.29) is 11.9 Å². The zero-order valence-electron chi connectivity index (χ0n) is 19.9. The Morgan fingerprint density at radius 3 is 2.80 bits per heavy atom. The fraction of sp³-hybridized carbons (Fsp3) is 0.346. The topological polar surface area (TPSA) is 128 Å². The molecule has 0 radical (unpaired) electrons. The number of hydrogen-bond acceptors (Lipinski definition) is 8. The molecule has 1 aromatic carbocycles. The van der Waals surface area contributed by atoms with Gasteiger partial charge in [-0.05, 0) is 75.0 Å². The Morgan fingerprint density at radius 1 is 1.14 bits per heavy atom. The van der Waals surface area contributed by atoms with Crippen LogP contribution in [0.15, 0.2) is 42.6 Å². The number of amides is 1. The molecule has 0 bridgehead atoms. The highest BCUT2D eigenvalue weighted by Crippen LogP contribution is 2.27. The lowest BCUT2D eigenvalue weighted by Gasteiger charge is -2.18. The van der Waals surface area contributed by atoms with Crippen molar-refractivity contribution in [2.75, 3.05) is 17.2 Å². The SMILES string of the molecule is CC(C)(C#N)c1cccc(Nc2nc(Nc3ccc4c(c3)CNCC4)ncc2C(=O)NC2CC2)n1. The van der Waals surface area contributed by atoms with Crippen LogP contribution in [0.3, 0.4) is 0 Å². The van der Waals surface area contributed by atoms with Gasteiger partial charge in [0.25, 0.3) is 5.91 Å². The molecule has 1 amide bonds. The van der Waals surface area contributed by atoms with Gasteiger partial charge in [-0.1, -0.05) is 12.1 Å². The van der Waals surface area contributed by atoms with Crippen molar-refractivity contribution in [3.8, 4) is 6.07 Å². The highest BCUT2D eigenvalue weighted by molar-refractivity contribution is 5.99. The van der Waals surface area contributed by atoms with Gasteiger partial charge in [-0.2, -0.15) is 10.2 Å². The van der Waals surface area contributed by atoms with Crippen LogP contribution in [0.4, 0.5) is 23.3 Å². The van der Waals surface area contributed by atoms with Crippen molar-refractivity contribution in [3.63, 3.8) is 0 Å². The molecule has 9 heteroatoms. The van der Waals surface area contributed by atoms with Crippen LogP contribution in [0.1, 0.15) is 53.9 Å². The van der Waals surface area contributed by atoms with Gasteiger partial charge in [-0.25, -0.2) is 9.97 Å². The highest BCUT2D eigenvalue weighted by atomic mass is 16.1. The summed E-state index contributed by atoms with van der Waals surface area (Å²) >= 11 is 0. The molecule has 9 nitrogen and oxygen atoms in total. The van der Waals surface area contributed by atoms with E-state index in [0.717, 1.165) is 38.0 Å². The molecule has 1 saturated carbocycles. The summed E-state index contributed by atoms with van der Waals surface area (Å²) in [4.78, 5) is 26.5. The second-order valence-electron chi connectivity index (χ2n) is 9.51. The number of fused-ring (bicyclic) bond motifs is 1. The van der Waals surface area contributed by atoms with Gasteiger partial charge in [0.1, 0.15) is 17.2 Å². The number of nitrogens with one attached hydrogen (secondary N) is 4. The second kappa shape index (κ2) is 9.31. The molecule has 35 heavy (non-hydrogen) atoms. The van der Waals surface area contributed by atoms with E-state index in [2.05, 4.69) is 54.4 Å². The molecule has 0 unspecified atom stereocenters. The smallest absolute Gasteiger partial charge is 0.256 e. The first-order valence-corrected chi connectivity index (χ1v) is 11.8. The maximum absolute atomic E-state index is 12.9. The van der Waals surface area contributed by atoms with Crippen molar-refractivity contribution in [3.05, 3.63) is 65.0 Å². The summed E-state index contributed by atoms with van der Waals surface area (Å²) in [6, 6.07) is 14.1. The van der Waals surface area contributed by atoms with E-state index in [4.69, 9.17) is 0 Å². The maximum atomic E-state index is 12.9. The minimum atomic E-state index is -0.746. The number of nitriles is 1. The van der Waals surface area contributed by atoms with E-state index >= 15 is 0 Å². The third-order valence-electron chi connectivity index (χ3n) is 6.21. The maximum Gasteiger partial charge on any atom is 0.256 e. The van der Waals surface area contributed by atoms with Gasteiger partial charge in [-0.3, -0.25) is 4.79 Å². The molecule has 1 aliphatic heterocycles. The molecule has 3 aromatic rings. The van der Waals surface area contributed by atoms with Crippen LogP contribution in [0.5, 0.6) is 0 Å². The normalized spacial score (nSPS) is 15.0.